The van der Waals surface area contributed by atoms with E-state index >= 15 is 0 Å². The Hall–Kier alpha value is -1.32. The Kier molecular flexibility index (Phi) is 11.4. The minimum atomic E-state index is 0. The van der Waals surface area contributed by atoms with Crippen LogP contribution in [0.1, 0.15) is 44.2 Å². The van der Waals surface area contributed by atoms with Crippen LogP contribution in [-0.4, -0.2) is 49.1 Å². The van der Waals surface area contributed by atoms with Gasteiger partial charge in [-0.3, -0.25) is 4.79 Å². The number of carbonyl (C=O) groups excluding carboxylic acids is 1. The van der Waals surface area contributed by atoms with E-state index in [1.807, 2.05) is 6.92 Å². The van der Waals surface area contributed by atoms with Crippen LogP contribution in [0.4, 0.5) is 0 Å². The first kappa shape index (κ1) is 22.7. The van der Waals surface area contributed by atoms with Gasteiger partial charge in [0.25, 0.3) is 0 Å². The van der Waals surface area contributed by atoms with E-state index in [2.05, 4.69) is 34.6 Å². The number of nitrogens with zero attached hydrogens (tertiary/aromatic N) is 3. The third kappa shape index (κ3) is 7.06. The molecule has 0 unspecified atom stereocenters. The van der Waals surface area contributed by atoms with Crippen LogP contribution >= 0.6 is 24.0 Å². The van der Waals surface area contributed by atoms with Crippen LogP contribution in [0.15, 0.2) is 9.52 Å². The van der Waals surface area contributed by atoms with Crippen molar-refractivity contribution >= 4 is 35.8 Å². The van der Waals surface area contributed by atoms with Gasteiger partial charge in [0, 0.05) is 32.6 Å². The van der Waals surface area contributed by atoms with Gasteiger partial charge in [-0.15, -0.1) is 24.0 Å². The average molecular weight is 451 g/mol. The molecule has 0 fully saturated rings. The third-order valence-electron chi connectivity index (χ3n) is 3.45. The summed E-state index contributed by atoms with van der Waals surface area (Å²) in [6.07, 6.45) is 2.59. The second-order valence-electron chi connectivity index (χ2n) is 5.47. The van der Waals surface area contributed by atoms with Crippen molar-refractivity contribution in [1.29, 1.82) is 0 Å². The fraction of sp³-hybridized carbons (Fsp3) is 0.688. The van der Waals surface area contributed by atoms with Gasteiger partial charge in [0.05, 0.1) is 18.8 Å². The minimum Gasteiger partial charge on any atom is -0.361 e. The zero-order valence-corrected chi connectivity index (χ0v) is 17.6. The number of amides is 1. The molecule has 0 radical (unpaired) electrons. The first-order chi connectivity index (χ1) is 11.0. The number of halogens is 1. The zero-order valence-electron chi connectivity index (χ0n) is 15.3. The monoisotopic (exact) mass is 451 g/mol. The number of hydrogen-bond donors (Lipinski definition) is 2. The van der Waals surface area contributed by atoms with Crippen LogP contribution in [0.25, 0.3) is 0 Å². The standard InChI is InChI=1S/C16H29N5O2.HI/c1-6-9-17-16(19-11-15(22)21(4)5)18-10-12-13(7-2)20-23-14(12)8-3;/h6-11H2,1-5H3,(H2,17,18,19);1H. The van der Waals surface area contributed by atoms with Crippen molar-refractivity contribution in [3.63, 3.8) is 0 Å². The summed E-state index contributed by atoms with van der Waals surface area (Å²) in [6, 6.07) is 0. The van der Waals surface area contributed by atoms with Crippen molar-refractivity contribution in [2.45, 2.75) is 46.6 Å². The molecular formula is C16H30IN5O2. The smallest absolute Gasteiger partial charge is 0.241 e. The summed E-state index contributed by atoms with van der Waals surface area (Å²) in [5, 5.41) is 10.4. The Morgan fingerprint density at radius 3 is 2.46 bits per heavy atom. The van der Waals surface area contributed by atoms with Crippen LogP contribution in [0.3, 0.4) is 0 Å². The molecule has 0 aliphatic heterocycles. The number of rotatable bonds is 8. The lowest BCUT2D eigenvalue weighted by Crippen LogP contribution is -2.43. The van der Waals surface area contributed by atoms with Crippen molar-refractivity contribution in [1.82, 2.24) is 20.7 Å². The van der Waals surface area contributed by atoms with Crippen LogP contribution < -0.4 is 10.6 Å². The van der Waals surface area contributed by atoms with Crippen LogP contribution in [0.5, 0.6) is 0 Å². The number of aliphatic imine (C=N–C) groups is 1. The quantitative estimate of drug-likeness (QED) is 0.359. The number of likely N-dealkylation sites (N-methyl/N-ethyl adjacent to an activating group) is 1. The van der Waals surface area contributed by atoms with Gasteiger partial charge in [0.1, 0.15) is 5.76 Å². The van der Waals surface area contributed by atoms with Gasteiger partial charge in [0.15, 0.2) is 5.96 Å². The largest absolute Gasteiger partial charge is 0.361 e. The lowest BCUT2D eigenvalue weighted by Gasteiger charge is -2.14. The molecule has 0 atom stereocenters. The maximum absolute atomic E-state index is 11.7. The number of carbonyl (C=O) groups is 1. The Labute approximate surface area is 161 Å². The molecule has 0 saturated carbocycles. The second kappa shape index (κ2) is 12.1. The number of nitrogens with one attached hydrogen (secondary N) is 2. The van der Waals surface area contributed by atoms with E-state index in [9.17, 15) is 4.79 Å². The van der Waals surface area contributed by atoms with Gasteiger partial charge in [-0.2, -0.15) is 0 Å². The van der Waals surface area contributed by atoms with E-state index in [4.69, 9.17) is 4.52 Å². The van der Waals surface area contributed by atoms with E-state index in [1.165, 1.54) is 0 Å². The molecule has 1 heterocycles. The molecule has 24 heavy (non-hydrogen) atoms. The average Bonchev–Trinajstić information content (AvgIpc) is 2.95. The van der Waals surface area contributed by atoms with Crippen molar-refractivity contribution in [2.24, 2.45) is 4.99 Å². The topological polar surface area (TPSA) is 82.8 Å². The molecule has 1 amide bonds. The molecule has 7 nitrogen and oxygen atoms in total. The van der Waals surface area contributed by atoms with Gasteiger partial charge in [-0.05, 0) is 12.8 Å². The predicted octanol–water partition coefficient (Wildman–Crippen LogP) is 1.95. The SMILES string of the molecule is CCCNC(=NCc1c(CC)noc1CC)NCC(=O)N(C)C.I. The summed E-state index contributed by atoms with van der Waals surface area (Å²) in [7, 11) is 3.47. The highest BCUT2D eigenvalue weighted by molar-refractivity contribution is 14.0. The van der Waals surface area contributed by atoms with E-state index in [0.29, 0.717) is 12.5 Å². The molecule has 1 rings (SSSR count). The van der Waals surface area contributed by atoms with Gasteiger partial charge in [-0.25, -0.2) is 4.99 Å². The molecule has 1 aromatic rings. The van der Waals surface area contributed by atoms with Gasteiger partial charge < -0.3 is 20.1 Å². The summed E-state index contributed by atoms with van der Waals surface area (Å²) < 4.78 is 5.36. The van der Waals surface area contributed by atoms with Gasteiger partial charge in [-0.1, -0.05) is 25.9 Å². The highest BCUT2D eigenvalue weighted by Gasteiger charge is 2.13. The van der Waals surface area contributed by atoms with Crippen molar-refractivity contribution < 1.29 is 9.32 Å². The fourth-order valence-electron chi connectivity index (χ4n) is 2.01. The lowest BCUT2D eigenvalue weighted by atomic mass is 10.1. The third-order valence-corrected chi connectivity index (χ3v) is 3.45. The Balaban J connectivity index is 0.00000529. The summed E-state index contributed by atoms with van der Waals surface area (Å²) in [5.41, 5.74) is 2.00. The number of aromatic nitrogens is 1. The zero-order chi connectivity index (χ0) is 17.2. The van der Waals surface area contributed by atoms with E-state index in [-0.39, 0.29) is 36.4 Å². The van der Waals surface area contributed by atoms with E-state index < -0.39 is 0 Å². The molecule has 0 saturated heterocycles. The molecule has 0 spiro atoms. The van der Waals surface area contributed by atoms with Crippen LogP contribution in [0.2, 0.25) is 0 Å². The molecule has 0 aliphatic rings. The van der Waals surface area contributed by atoms with Crippen LogP contribution in [-0.2, 0) is 24.2 Å². The Morgan fingerprint density at radius 2 is 1.92 bits per heavy atom. The predicted molar refractivity (Wildman–Crippen MR) is 107 cm³/mol. The summed E-state index contributed by atoms with van der Waals surface area (Å²) in [6.45, 7) is 7.68. The first-order valence-electron chi connectivity index (χ1n) is 8.21. The van der Waals surface area contributed by atoms with E-state index in [0.717, 1.165) is 42.8 Å². The maximum atomic E-state index is 11.7. The number of hydrogen-bond acceptors (Lipinski definition) is 4. The van der Waals surface area contributed by atoms with Crippen molar-refractivity contribution in [3.05, 3.63) is 17.0 Å². The summed E-state index contributed by atoms with van der Waals surface area (Å²) in [5.74, 6) is 1.52. The summed E-state index contributed by atoms with van der Waals surface area (Å²) in [4.78, 5) is 17.8. The second-order valence-corrected chi connectivity index (χ2v) is 5.47. The van der Waals surface area contributed by atoms with Crippen molar-refractivity contribution in [3.8, 4) is 0 Å². The molecule has 0 aromatic carbocycles. The fourth-order valence-corrected chi connectivity index (χ4v) is 2.01. The minimum absolute atomic E-state index is 0. The molecule has 0 aliphatic carbocycles. The molecule has 2 N–H and O–H groups in total. The molecule has 0 bridgehead atoms. The number of aryl methyl sites for hydroxylation is 2. The van der Waals surface area contributed by atoms with Gasteiger partial charge >= 0.3 is 0 Å². The highest BCUT2D eigenvalue weighted by atomic mass is 127. The molecule has 1 aromatic heterocycles. The first-order valence-corrected chi connectivity index (χ1v) is 8.21. The Morgan fingerprint density at radius 1 is 1.21 bits per heavy atom. The lowest BCUT2D eigenvalue weighted by molar-refractivity contribution is -0.127. The summed E-state index contributed by atoms with van der Waals surface area (Å²) >= 11 is 0. The number of guanidine groups is 1. The van der Waals surface area contributed by atoms with E-state index in [1.54, 1.807) is 19.0 Å². The molecular weight excluding hydrogens is 421 g/mol. The molecule has 8 heteroatoms. The normalized spacial score (nSPS) is 11.0. The van der Waals surface area contributed by atoms with Crippen molar-refractivity contribution in [2.75, 3.05) is 27.2 Å². The van der Waals surface area contributed by atoms with Gasteiger partial charge in [0.2, 0.25) is 5.91 Å². The Bertz CT molecular complexity index is 507. The van der Waals surface area contributed by atoms with Crippen LogP contribution in [0, 0.1) is 0 Å². The molecule has 138 valence electrons. The maximum Gasteiger partial charge on any atom is 0.241 e. The highest BCUT2D eigenvalue weighted by Crippen LogP contribution is 2.16.